The number of anilines is 1. The van der Waals surface area contributed by atoms with Gasteiger partial charge in [0.2, 0.25) is 11.8 Å². The highest BCUT2D eigenvalue weighted by atomic mass is 127. The van der Waals surface area contributed by atoms with Gasteiger partial charge in [0.05, 0.1) is 20.8 Å². The Morgan fingerprint density at radius 3 is 2.61 bits per heavy atom. The number of carbonyl (C=O) groups is 2. The highest BCUT2D eigenvalue weighted by Crippen LogP contribution is 2.32. The predicted octanol–water partition coefficient (Wildman–Crippen LogP) is 4.28. The third-order valence-electron chi connectivity index (χ3n) is 6.83. The van der Waals surface area contributed by atoms with Gasteiger partial charge in [-0.2, -0.15) is 10.1 Å². The predicted molar refractivity (Wildman–Crippen MR) is 156 cm³/mol. The average Bonchev–Trinajstić information content (AvgIpc) is 3.31. The van der Waals surface area contributed by atoms with E-state index in [9.17, 15) is 14.7 Å². The van der Waals surface area contributed by atoms with E-state index >= 15 is 0 Å². The van der Waals surface area contributed by atoms with E-state index < -0.39 is 6.09 Å². The number of nitrogens with one attached hydrogen (secondary N) is 1. The molecule has 0 bridgehead atoms. The molecule has 1 fully saturated rings. The number of halogens is 1. The number of ether oxygens (including phenoxy) is 3. The number of aromatic hydroxyl groups is 1. The molecule has 2 amide bonds. The maximum absolute atomic E-state index is 12.5. The van der Waals surface area contributed by atoms with Crippen molar-refractivity contribution < 1.29 is 28.9 Å². The summed E-state index contributed by atoms with van der Waals surface area (Å²) in [6, 6.07) is 11.6. The van der Waals surface area contributed by atoms with E-state index in [0.29, 0.717) is 39.3 Å². The van der Waals surface area contributed by atoms with Crippen molar-refractivity contribution in [2.45, 2.75) is 31.9 Å². The summed E-state index contributed by atoms with van der Waals surface area (Å²) in [6.45, 7) is 1.62. The Morgan fingerprint density at radius 2 is 1.90 bits per heavy atom. The van der Waals surface area contributed by atoms with Gasteiger partial charge in [0, 0.05) is 19.3 Å². The molecule has 0 spiro atoms. The minimum Gasteiger partial charge on any atom is -0.495 e. The summed E-state index contributed by atoms with van der Waals surface area (Å²) < 4.78 is 17.8. The number of rotatable bonds is 7. The molecular weight excluding hydrogens is 645 g/mol. The fourth-order valence-electron chi connectivity index (χ4n) is 4.70. The van der Waals surface area contributed by atoms with E-state index in [1.165, 1.54) is 7.11 Å². The summed E-state index contributed by atoms with van der Waals surface area (Å²) in [4.78, 5) is 38.7. The van der Waals surface area contributed by atoms with Crippen molar-refractivity contribution >= 4 is 51.8 Å². The number of pyridine rings is 1. The van der Waals surface area contributed by atoms with E-state index in [1.807, 2.05) is 65.2 Å². The molecule has 4 heterocycles. The molecule has 2 N–H and O–H groups in total. The molecule has 14 heteroatoms. The Bertz CT molecular complexity index is 1560. The Kier molecular flexibility index (Phi) is 8.66. The van der Waals surface area contributed by atoms with Crippen molar-refractivity contribution in [2.24, 2.45) is 0 Å². The molecule has 1 aromatic carbocycles. The topological polar surface area (TPSA) is 154 Å². The van der Waals surface area contributed by atoms with E-state index in [0.717, 1.165) is 24.0 Å². The summed E-state index contributed by atoms with van der Waals surface area (Å²) >= 11 is 2.00. The number of likely N-dealkylation sites (tertiary alicyclic amines) is 1. The Balaban J connectivity index is 1.26. The van der Waals surface area contributed by atoms with Gasteiger partial charge in [-0.15, -0.1) is 0 Å². The van der Waals surface area contributed by atoms with Crippen LogP contribution < -0.4 is 10.1 Å². The molecule has 0 aliphatic carbocycles. The fraction of sp³-hybridized carbons (Fsp3) is 0.333. The lowest BCUT2D eigenvalue weighted by Crippen LogP contribution is -2.38. The van der Waals surface area contributed by atoms with Crippen molar-refractivity contribution in [1.82, 2.24) is 29.6 Å². The second-order valence-electron chi connectivity index (χ2n) is 9.35. The largest absolute Gasteiger partial charge is 0.495 e. The maximum atomic E-state index is 12.5. The van der Waals surface area contributed by atoms with E-state index in [-0.39, 0.29) is 37.0 Å². The third kappa shape index (κ3) is 6.42. The molecule has 3 aromatic heterocycles. The van der Waals surface area contributed by atoms with Crippen LogP contribution in [0.4, 0.5) is 15.5 Å². The molecule has 1 aliphatic rings. The monoisotopic (exact) mass is 673 g/mol. The van der Waals surface area contributed by atoms with Gasteiger partial charge in [-0.1, -0.05) is 30.3 Å². The van der Waals surface area contributed by atoms with Crippen molar-refractivity contribution in [3.05, 3.63) is 63.1 Å². The normalized spacial score (nSPS) is 13.7. The lowest BCUT2D eigenvalue weighted by molar-refractivity contribution is 0.0870. The van der Waals surface area contributed by atoms with E-state index in [1.54, 1.807) is 16.7 Å². The summed E-state index contributed by atoms with van der Waals surface area (Å²) in [5.41, 5.74) is 3.25. The second kappa shape index (κ2) is 12.5. The molecule has 0 unspecified atom stereocenters. The molecule has 214 valence electrons. The Labute approximate surface area is 249 Å². The van der Waals surface area contributed by atoms with Gasteiger partial charge >= 0.3 is 12.2 Å². The van der Waals surface area contributed by atoms with Crippen LogP contribution in [0.15, 0.2) is 42.6 Å². The second-order valence-corrected chi connectivity index (χ2v) is 10.4. The third-order valence-corrected chi connectivity index (χ3v) is 7.55. The first kappa shape index (κ1) is 28.3. The van der Waals surface area contributed by atoms with Crippen LogP contribution in [0.1, 0.15) is 35.6 Å². The van der Waals surface area contributed by atoms with Crippen molar-refractivity contribution in [3.8, 4) is 11.6 Å². The van der Waals surface area contributed by atoms with Crippen LogP contribution in [-0.2, 0) is 22.6 Å². The highest BCUT2D eigenvalue weighted by Gasteiger charge is 2.26. The zero-order valence-electron chi connectivity index (χ0n) is 22.4. The molecule has 0 saturated carbocycles. The standard InChI is InChI=1S/C27H28IN7O6/c1-39-20-12-18(17-8-10-34(11-9-17)27(38)41-15-16-6-4-3-5-7-16)13-29-19(20)14-35-22-21(23(28)33-35)30-25(31-24(22)36)32-26(37)40-2/h3-7,12-13,17H,8-11,14-15H2,1-2H3,(H2,30,31,32,36,37). The number of piperidine rings is 1. The van der Waals surface area contributed by atoms with Gasteiger partial charge in [-0.3, -0.25) is 15.0 Å². The highest BCUT2D eigenvalue weighted by molar-refractivity contribution is 14.1. The van der Waals surface area contributed by atoms with E-state index in [2.05, 4.69) is 30.1 Å². The average molecular weight is 673 g/mol. The number of aromatic nitrogens is 5. The zero-order chi connectivity index (χ0) is 28.9. The summed E-state index contributed by atoms with van der Waals surface area (Å²) in [6.07, 6.45) is 2.31. The van der Waals surface area contributed by atoms with Gasteiger partial charge in [0.15, 0.2) is 5.52 Å². The number of nitrogens with zero attached hydrogens (tertiary/aromatic N) is 6. The number of hydrogen-bond acceptors (Lipinski definition) is 10. The van der Waals surface area contributed by atoms with Gasteiger partial charge in [0.1, 0.15) is 27.3 Å². The molecule has 1 aliphatic heterocycles. The van der Waals surface area contributed by atoms with Crippen LogP contribution in [-0.4, -0.2) is 74.2 Å². The number of carbonyl (C=O) groups excluding carboxylic acids is 2. The first-order chi connectivity index (χ1) is 19.9. The summed E-state index contributed by atoms with van der Waals surface area (Å²) in [7, 11) is 2.79. The van der Waals surface area contributed by atoms with Crippen LogP contribution in [0.2, 0.25) is 0 Å². The SMILES string of the molecule is COC(=O)Nc1nc(O)c2c(n1)c(I)nn2Cc1ncc(C2CCN(C(=O)OCc3ccccc3)CC2)cc1OC. The first-order valence-electron chi connectivity index (χ1n) is 12.8. The fourth-order valence-corrected chi connectivity index (χ4v) is 5.33. The van der Waals surface area contributed by atoms with Gasteiger partial charge in [-0.25, -0.2) is 14.6 Å². The lowest BCUT2D eigenvalue weighted by Gasteiger charge is -2.31. The van der Waals surface area contributed by atoms with Gasteiger partial charge < -0.3 is 24.2 Å². The Morgan fingerprint density at radius 1 is 1.15 bits per heavy atom. The first-order valence-corrected chi connectivity index (χ1v) is 13.9. The molecule has 5 rings (SSSR count). The van der Waals surface area contributed by atoms with Gasteiger partial charge in [0.25, 0.3) is 0 Å². The molecule has 41 heavy (non-hydrogen) atoms. The van der Waals surface area contributed by atoms with Crippen LogP contribution in [0.3, 0.4) is 0 Å². The van der Waals surface area contributed by atoms with Crippen molar-refractivity contribution in [1.29, 1.82) is 0 Å². The maximum Gasteiger partial charge on any atom is 0.413 e. The molecule has 4 aromatic rings. The Hall–Kier alpha value is -4.21. The number of methoxy groups -OCH3 is 2. The van der Waals surface area contributed by atoms with Gasteiger partial charge in [-0.05, 0) is 58.5 Å². The number of fused-ring (bicyclic) bond motifs is 1. The van der Waals surface area contributed by atoms with Crippen molar-refractivity contribution in [2.75, 3.05) is 32.6 Å². The quantitative estimate of drug-likeness (QED) is 0.272. The van der Waals surface area contributed by atoms with Crippen LogP contribution >= 0.6 is 22.6 Å². The minimum atomic E-state index is -0.756. The van der Waals surface area contributed by atoms with Crippen molar-refractivity contribution in [3.63, 3.8) is 0 Å². The molecule has 1 saturated heterocycles. The van der Waals surface area contributed by atoms with Crippen LogP contribution in [0.25, 0.3) is 11.0 Å². The number of amides is 2. The molecule has 13 nitrogen and oxygen atoms in total. The summed E-state index contributed by atoms with van der Waals surface area (Å²) in [5.74, 6) is 0.347. The molecular formula is C27H28IN7O6. The van der Waals surface area contributed by atoms with Crippen LogP contribution in [0, 0.1) is 3.70 Å². The number of benzene rings is 1. The minimum absolute atomic E-state index is 0.102. The molecule has 0 radical (unpaired) electrons. The lowest BCUT2D eigenvalue weighted by atomic mass is 9.90. The smallest absolute Gasteiger partial charge is 0.413 e. The zero-order valence-corrected chi connectivity index (χ0v) is 24.6. The summed E-state index contributed by atoms with van der Waals surface area (Å²) in [5, 5.41) is 17.4. The number of hydrogen-bond donors (Lipinski definition) is 2. The molecule has 0 atom stereocenters. The van der Waals surface area contributed by atoms with E-state index in [4.69, 9.17) is 9.47 Å². The van der Waals surface area contributed by atoms with Crippen LogP contribution in [0.5, 0.6) is 11.6 Å².